The molecule has 1 aliphatic heterocycles. The largest absolute Gasteiger partial charge is 0.454 e. The second-order valence-corrected chi connectivity index (χ2v) is 5.09. The minimum Gasteiger partial charge on any atom is -0.454 e. The van der Waals surface area contributed by atoms with Gasteiger partial charge in [-0.1, -0.05) is 11.6 Å². The van der Waals surface area contributed by atoms with Crippen LogP contribution in [0.5, 0.6) is 11.5 Å². The molecular formula is C12H10ClNO2S. The van der Waals surface area contributed by atoms with Crippen molar-refractivity contribution in [2.24, 2.45) is 0 Å². The number of halogens is 1. The smallest absolute Gasteiger partial charge is 0.231 e. The zero-order valence-corrected chi connectivity index (χ0v) is 10.5. The predicted molar refractivity (Wildman–Crippen MR) is 69.2 cm³/mol. The van der Waals surface area contributed by atoms with Gasteiger partial charge in [-0.2, -0.15) is 0 Å². The van der Waals surface area contributed by atoms with Gasteiger partial charge >= 0.3 is 0 Å². The second-order valence-electron chi connectivity index (χ2n) is 3.65. The number of benzene rings is 1. The molecule has 0 bridgehead atoms. The van der Waals surface area contributed by atoms with Gasteiger partial charge < -0.3 is 14.8 Å². The number of hydrogen-bond donors (Lipinski definition) is 1. The summed E-state index contributed by atoms with van der Waals surface area (Å²) in [7, 11) is 0. The van der Waals surface area contributed by atoms with E-state index in [-0.39, 0.29) is 0 Å². The first kappa shape index (κ1) is 10.7. The van der Waals surface area contributed by atoms with E-state index in [9.17, 15) is 0 Å². The number of hydrogen-bond acceptors (Lipinski definition) is 4. The van der Waals surface area contributed by atoms with Crippen LogP contribution in [0.25, 0.3) is 0 Å². The summed E-state index contributed by atoms with van der Waals surface area (Å²) in [4.78, 5) is 1.20. The van der Waals surface area contributed by atoms with Crippen molar-refractivity contribution in [1.29, 1.82) is 0 Å². The SMILES string of the molecule is Clc1csc(CNc2ccc3c(c2)OCO3)c1. The van der Waals surface area contributed by atoms with E-state index in [2.05, 4.69) is 5.32 Å². The number of fused-ring (bicyclic) bond motifs is 1. The van der Waals surface area contributed by atoms with Gasteiger partial charge in [-0.15, -0.1) is 11.3 Å². The van der Waals surface area contributed by atoms with Crippen LogP contribution in [-0.4, -0.2) is 6.79 Å². The lowest BCUT2D eigenvalue weighted by Gasteiger charge is -2.05. The van der Waals surface area contributed by atoms with Crippen molar-refractivity contribution in [1.82, 2.24) is 0 Å². The van der Waals surface area contributed by atoms with E-state index in [0.29, 0.717) is 6.79 Å². The van der Waals surface area contributed by atoms with Crippen molar-refractivity contribution in [2.75, 3.05) is 12.1 Å². The molecule has 0 aliphatic carbocycles. The monoisotopic (exact) mass is 267 g/mol. The van der Waals surface area contributed by atoms with Crippen LogP contribution >= 0.6 is 22.9 Å². The molecular weight excluding hydrogens is 258 g/mol. The summed E-state index contributed by atoms with van der Waals surface area (Å²) >= 11 is 7.51. The number of rotatable bonds is 3. The van der Waals surface area contributed by atoms with Crippen molar-refractivity contribution >= 4 is 28.6 Å². The fourth-order valence-corrected chi connectivity index (χ4v) is 2.65. The fraction of sp³-hybridized carbons (Fsp3) is 0.167. The zero-order valence-electron chi connectivity index (χ0n) is 8.90. The molecule has 2 heterocycles. The first-order valence-corrected chi connectivity index (χ1v) is 6.43. The van der Waals surface area contributed by atoms with E-state index in [1.54, 1.807) is 11.3 Å². The van der Waals surface area contributed by atoms with Gasteiger partial charge in [0.2, 0.25) is 6.79 Å². The highest BCUT2D eigenvalue weighted by Crippen LogP contribution is 2.34. The van der Waals surface area contributed by atoms with Crippen LogP contribution in [0.1, 0.15) is 4.88 Å². The number of nitrogens with one attached hydrogen (secondary N) is 1. The maximum atomic E-state index is 5.86. The van der Waals surface area contributed by atoms with E-state index in [4.69, 9.17) is 21.1 Å². The molecule has 0 saturated heterocycles. The van der Waals surface area contributed by atoms with Gasteiger partial charge in [-0.05, 0) is 18.2 Å². The van der Waals surface area contributed by atoms with Crippen LogP contribution in [0.3, 0.4) is 0 Å². The predicted octanol–water partition coefficient (Wildman–Crippen LogP) is 3.74. The quantitative estimate of drug-likeness (QED) is 0.919. The van der Waals surface area contributed by atoms with Gasteiger partial charge in [0, 0.05) is 28.6 Å². The average molecular weight is 268 g/mol. The van der Waals surface area contributed by atoms with Crippen molar-refractivity contribution in [3.63, 3.8) is 0 Å². The molecule has 0 unspecified atom stereocenters. The molecule has 17 heavy (non-hydrogen) atoms. The molecule has 0 saturated carbocycles. The Morgan fingerprint density at radius 3 is 2.94 bits per heavy atom. The third-order valence-electron chi connectivity index (χ3n) is 2.46. The molecule has 0 atom stereocenters. The van der Waals surface area contributed by atoms with Crippen LogP contribution in [-0.2, 0) is 6.54 Å². The molecule has 0 radical (unpaired) electrons. The van der Waals surface area contributed by atoms with Crippen LogP contribution in [0, 0.1) is 0 Å². The lowest BCUT2D eigenvalue weighted by atomic mass is 10.3. The van der Waals surface area contributed by atoms with E-state index in [1.807, 2.05) is 29.6 Å². The average Bonchev–Trinajstić information content (AvgIpc) is 2.94. The van der Waals surface area contributed by atoms with Gasteiger partial charge in [0.15, 0.2) is 11.5 Å². The maximum absolute atomic E-state index is 5.86. The first-order chi connectivity index (χ1) is 8.31. The lowest BCUT2D eigenvalue weighted by Crippen LogP contribution is -1.97. The van der Waals surface area contributed by atoms with Crippen molar-refractivity contribution < 1.29 is 9.47 Å². The number of thiophene rings is 1. The summed E-state index contributed by atoms with van der Waals surface area (Å²) in [6.07, 6.45) is 0. The minimum absolute atomic E-state index is 0.305. The summed E-state index contributed by atoms with van der Waals surface area (Å²) in [6.45, 7) is 1.07. The molecule has 5 heteroatoms. The molecule has 1 aliphatic rings. The third-order valence-corrected chi connectivity index (χ3v) is 3.75. The van der Waals surface area contributed by atoms with Crippen LogP contribution < -0.4 is 14.8 Å². The molecule has 1 aromatic heterocycles. The molecule has 0 amide bonds. The Morgan fingerprint density at radius 2 is 2.12 bits per heavy atom. The Morgan fingerprint density at radius 1 is 1.24 bits per heavy atom. The summed E-state index contributed by atoms with van der Waals surface area (Å²) < 4.78 is 10.6. The zero-order chi connectivity index (χ0) is 11.7. The molecule has 1 aromatic carbocycles. The fourth-order valence-electron chi connectivity index (χ4n) is 1.64. The van der Waals surface area contributed by atoms with Crippen LogP contribution in [0.4, 0.5) is 5.69 Å². The van der Waals surface area contributed by atoms with Gasteiger partial charge in [-0.3, -0.25) is 0 Å². The number of ether oxygens (including phenoxy) is 2. The highest BCUT2D eigenvalue weighted by Gasteiger charge is 2.12. The Labute approximate surface area is 108 Å². The normalized spacial score (nSPS) is 12.8. The van der Waals surface area contributed by atoms with Crippen molar-refractivity contribution in [3.8, 4) is 11.5 Å². The molecule has 0 fully saturated rings. The van der Waals surface area contributed by atoms with Crippen molar-refractivity contribution in [3.05, 3.63) is 39.5 Å². The van der Waals surface area contributed by atoms with E-state index in [0.717, 1.165) is 28.8 Å². The Balaban J connectivity index is 1.69. The Hall–Kier alpha value is -1.39. The molecule has 3 nitrogen and oxygen atoms in total. The van der Waals surface area contributed by atoms with E-state index in [1.165, 1.54) is 4.88 Å². The lowest BCUT2D eigenvalue weighted by molar-refractivity contribution is 0.174. The third kappa shape index (κ3) is 2.33. The van der Waals surface area contributed by atoms with Crippen molar-refractivity contribution in [2.45, 2.75) is 6.54 Å². The summed E-state index contributed by atoms with van der Waals surface area (Å²) in [5.74, 6) is 1.59. The van der Waals surface area contributed by atoms with Gasteiger partial charge in [0.1, 0.15) is 0 Å². The molecule has 88 valence electrons. The standard InChI is InChI=1S/C12H10ClNO2S/c13-8-3-10(17-6-8)5-14-9-1-2-11-12(4-9)16-7-15-11/h1-4,6,14H,5,7H2. The van der Waals surface area contributed by atoms with Gasteiger partial charge in [-0.25, -0.2) is 0 Å². The second kappa shape index (κ2) is 4.47. The molecule has 2 aromatic rings. The first-order valence-electron chi connectivity index (χ1n) is 5.18. The Kier molecular flexibility index (Phi) is 2.82. The van der Waals surface area contributed by atoms with Crippen LogP contribution in [0.15, 0.2) is 29.6 Å². The topological polar surface area (TPSA) is 30.5 Å². The van der Waals surface area contributed by atoms with Crippen LogP contribution in [0.2, 0.25) is 5.02 Å². The summed E-state index contributed by atoms with van der Waals surface area (Å²) in [5.41, 5.74) is 1.01. The van der Waals surface area contributed by atoms with E-state index < -0.39 is 0 Å². The van der Waals surface area contributed by atoms with E-state index >= 15 is 0 Å². The van der Waals surface area contributed by atoms with Gasteiger partial charge in [0.25, 0.3) is 0 Å². The highest BCUT2D eigenvalue weighted by molar-refractivity contribution is 7.10. The molecule has 0 spiro atoms. The highest BCUT2D eigenvalue weighted by atomic mass is 35.5. The minimum atomic E-state index is 0.305. The molecule has 3 rings (SSSR count). The molecule has 1 N–H and O–H groups in total. The number of anilines is 1. The summed E-state index contributed by atoms with van der Waals surface area (Å²) in [6, 6.07) is 7.79. The maximum Gasteiger partial charge on any atom is 0.231 e. The Bertz CT molecular complexity index is 541. The van der Waals surface area contributed by atoms with Gasteiger partial charge in [0.05, 0.1) is 5.02 Å². The summed E-state index contributed by atoms with van der Waals surface area (Å²) in [5, 5.41) is 6.04.